The summed E-state index contributed by atoms with van der Waals surface area (Å²) < 4.78 is 27.1. The van der Waals surface area contributed by atoms with Crippen LogP contribution in [-0.4, -0.2) is 62.6 Å². The highest BCUT2D eigenvalue weighted by atomic mass is 35.5. The van der Waals surface area contributed by atoms with Gasteiger partial charge in [-0.15, -0.1) is 0 Å². The van der Waals surface area contributed by atoms with Crippen LogP contribution < -0.4 is 9.62 Å². The summed E-state index contributed by atoms with van der Waals surface area (Å²) in [5, 5.41) is 0.518. The van der Waals surface area contributed by atoms with E-state index in [2.05, 4.69) is 24.5 Å². The van der Waals surface area contributed by atoms with E-state index in [9.17, 15) is 8.42 Å². The second-order valence-corrected chi connectivity index (χ2v) is 8.29. The van der Waals surface area contributed by atoms with Crippen LogP contribution in [-0.2, 0) is 10.0 Å². The molecule has 2 aromatic rings. The van der Waals surface area contributed by atoms with Gasteiger partial charge in [0.25, 0.3) is 0 Å². The summed E-state index contributed by atoms with van der Waals surface area (Å²) in [7, 11) is -3.48. The van der Waals surface area contributed by atoms with Gasteiger partial charge in [-0.2, -0.15) is 0 Å². The van der Waals surface area contributed by atoms with Crippen LogP contribution in [0.4, 0.5) is 5.95 Å². The molecule has 0 amide bonds. The maximum atomic E-state index is 12.2. The highest BCUT2D eigenvalue weighted by Gasteiger charge is 2.18. The standard InChI is InChI=1S/C17H22ClN5O2S/c18-15-3-5-16(6-4-15)26(24,25)21-9-2-10-22-11-13-23(14-12-22)17-19-7-1-8-20-17/h1,3-8,21H,2,9-14H2. The Morgan fingerprint density at radius 1 is 1.04 bits per heavy atom. The molecule has 140 valence electrons. The number of sulfonamides is 1. The summed E-state index contributed by atoms with van der Waals surface area (Å²) in [6.45, 7) is 4.85. The molecule has 1 aromatic heterocycles. The Morgan fingerprint density at radius 3 is 2.35 bits per heavy atom. The lowest BCUT2D eigenvalue weighted by Gasteiger charge is -2.34. The van der Waals surface area contributed by atoms with Crippen molar-refractivity contribution in [2.75, 3.05) is 44.2 Å². The molecule has 1 fully saturated rings. The van der Waals surface area contributed by atoms with E-state index >= 15 is 0 Å². The van der Waals surface area contributed by atoms with Gasteiger partial charge in [-0.3, -0.25) is 4.90 Å². The van der Waals surface area contributed by atoms with Crippen LogP contribution in [0.2, 0.25) is 5.02 Å². The second-order valence-electron chi connectivity index (χ2n) is 6.08. The minimum absolute atomic E-state index is 0.235. The fourth-order valence-electron chi connectivity index (χ4n) is 2.83. The first-order chi connectivity index (χ1) is 12.5. The van der Waals surface area contributed by atoms with Gasteiger partial charge in [0, 0.05) is 50.1 Å². The van der Waals surface area contributed by atoms with Crippen LogP contribution in [0.1, 0.15) is 6.42 Å². The van der Waals surface area contributed by atoms with E-state index in [4.69, 9.17) is 11.6 Å². The van der Waals surface area contributed by atoms with Crippen molar-refractivity contribution in [1.29, 1.82) is 0 Å². The molecule has 0 atom stereocenters. The highest BCUT2D eigenvalue weighted by molar-refractivity contribution is 7.89. The molecule has 1 saturated heterocycles. The Labute approximate surface area is 159 Å². The van der Waals surface area contributed by atoms with Crippen LogP contribution in [0, 0.1) is 0 Å². The fraction of sp³-hybridized carbons (Fsp3) is 0.412. The van der Waals surface area contributed by atoms with Gasteiger partial charge in [0.15, 0.2) is 0 Å². The van der Waals surface area contributed by atoms with Gasteiger partial charge in [-0.25, -0.2) is 23.1 Å². The molecule has 0 radical (unpaired) electrons. The minimum Gasteiger partial charge on any atom is -0.338 e. The number of piperazine rings is 1. The van der Waals surface area contributed by atoms with Crippen molar-refractivity contribution in [3.63, 3.8) is 0 Å². The number of nitrogens with one attached hydrogen (secondary N) is 1. The molecule has 1 N–H and O–H groups in total. The van der Waals surface area contributed by atoms with Gasteiger partial charge in [-0.1, -0.05) is 11.6 Å². The third-order valence-electron chi connectivity index (χ3n) is 4.27. The largest absolute Gasteiger partial charge is 0.338 e. The van der Waals surface area contributed by atoms with Gasteiger partial charge in [0.05, 0.1) is 4.90 Å². The van der Waals surface area contributed by atoms with E-state index < -0.39 is 10.0 Å². The van der Waals surface area contributed by atoms with E-state index in [1.807, 2.05) is 6.07 Å². The minimum atomic E-state index is -3.48. The monoisotopic (exact) mass is 395 g/mol. The molecule has 7 nitrogen and oxygen atoms in total. The molecule has 1 aliphatic rings. The third-order valence-corrected chi connectivity index (χ3v) is 6.00. The highest BCUT2D eigenvalue weighted by Crippen LogP contribution is 2.14. The lowest BCUT2D eigenvalue weighted by atomic mass is 10.3. The number of aromatic nitrogens is 2. The summed E-state index contributed by atoms with van der Waals surface area (Å²) in [5.74, 6) is 0.767. The first-order valence-corrected chi connectivity index (χ1v) is 10.4. The van der Waals surface area contributed by atoms with Gasteiger partial charge in [-0.05, 0) is 43.3 Å². The molecular weight excluding hydrogens is 374 g/mol. The number of anilines is 1. The third kappa shape index (κ3) is 5.14. The predicted molar refractivity (Wildman–Crippen MR) is 102 cm³/mol. The molecule has 0 bridgehead atoms. The fourth-order valence-corrected chi connectivity index (χ4v) is 4.03. The zero-order valence-corrected chi connectivity index (χ0v) is 16.0. The normalized spacial score (nSPS) is 16.0. The molecule has 1 aromatic carbocycles. The van der Waals surface area contributed by atoms with E-state index in [0.29, 0.717) is 11.6 Å². The van der Waals surface area contributed by atoms with Crippen LogP contribution >= 0.6 is 11.6 Å². The van der Waals surface area contributed by atoms with E-state index in [-0.39, 0.29) is 4.90 Å². The van der Waals surface area contributed by atoms with Crippen LogP contribution in [0.3, 0.4) is 0 Å². The number of hydrogen-bond donors (Lipinski definition) is 1. The summed E-state index contributed by atoms with van der Waals surface area (Å²) in [5.41, 5.74) is 0. The summed E-state index contributed by atoms with van der Waals surface area (Å²) in [6.07, 6.45) is 4.26. The average Bonchev–Trinajstić information content (AvgIpc) is 2.67. The van der Waals surface area contributed by atoms with Crippen molar-refractivity contribution in [2.45, 2.75) is 11.3 Å². The van der Waals surface area contributed by atoms with Gasteiger partial charge >= 0.3 is 0 Å². The molecule has 0 aliphatic carbocycles. The quantitative estimate of drug-likeness (QED) is 0.718. The Morgan fingerprint density at radius 2 is 1.69 bits per heavy atom. The first kappa shape index (κ1) is 19.0. The zero-order valence-electron chi connectivity index (χ0n) is 14.4. The van der Waals surface area contributed by atoms with Crippen molar-refractivity contribution >= 4 is 27.6 Å². The SMILES string of the molecule is O=S(=O)(NCCCN1CCN(c2ncccn2)CC1)c1ccc(Cl)cc1. The number of nitrogens with zero attached hydrogens (tertiary/aromatic N) is 4. The van der Waals surface area contributed by atoms with E-state index in [1.165, 1.54) is 12.1 Å². The van der Waals surface area contributed by atoms with Crippen molar-refractivity contribution in [3.05, 3.63) is 47.7 Å². The van der Waals surface area contributed by atoms with Gasteiger partial charge < -0.3 is 4.90 Å². The molecule has 0 spiro atoms. The van der Waals surface area contributed by atoms with E-state index in [0.717, 1.165) is 45.1 Å². The maximum absolute atomic E-state index is 12.2. The summed E-state index contributed by atoms with van der Waals surface area (Å²) in [6, 6.07) is 7.98. The predicted octanol–water partition coefficient (Wildman–Crippen LogP) is 1.62. The summed E-state index contributed by atoms with van der Waals surface area (Å²) in [4.78, 5) is 13.3. The first-order valence-electron chi connectivity index (χ1n) is 8.54. The smallest absolute Gasteiger partial charge is 0.240 e. The number of benzene rings is 1. The lowest BCUT2D eigenvalue weighted by Crippen LogP contribution is -2.47. The molecule has 1 aliphatic heterocycles. The van der Waals surface area contributed by atoms with Crippen molar-refractivity contribution in [3.8, 4) is 0 Å². The van der Waals surface area contributed by atoms with Gasteiger partial charge in [0.1, 0.15) is 0 Å². The molecule has 0 saturated carbocycles. The van der Waals surface area contributed by atoms with Crippen LogP contribution in [0.25, 0.3) is 0 Å². The Hall–Kier alpha value is -1.74. The number of hydrogen-bond acceptors (Lipinski definition) is 6. The topological polar surface area (TPSA) is 78.4 Å². The number of rotatable bonds is 7. The van der Waals surface area contributed by atoms with Crippen molar-refractivity contribution in [2.24, 2.45) is 0 Å². The maximum Gasteiger partial charge on any atom is 0.240 e. The molecule has 9 heteroatoms. The van der Waals surface area contributed by atoms with Crippen LogP contribution in [0.5, 0.6) is 0 Å². The Kier molecular flexibility index (Phi) is 6.42. The van der Waals surface area contributed by atoms with Gasteiger partial charge in [0.2, 0.25) is 16.0 Å². The zero-order chi connectivity index (χ0) is 18.4. The van der Waals surface area contributed by atoms with Crippen molar-refractivity contribution < 1.29 is 8.42 Å². The summed E-state index contributed by atoms with van der Waals surface area (Å²) >= 11 is 5.79. The second kappa shape index (κ2) is 8.77. The lowest BCUT2D eigenvalue weighted by molar-refractivity contribution is 0.254. The molecule has 2 heterocycles. The average molecular weight is 396 g/mol. The Bertz CT molecular complexity index is 794. The molecule has 3 rings (SSSR count). The van der Waals surface area contributed by atoms with Crippen molar-refractivity contribution in [1.82, 2.24) is 19.6 Å². The molecule has 0 unspecified atom stereocenters. The number of halogens is 1. The van der Waals surface area contributed by atoms with Crippen LogP contribution in [0.15, 0.2) is 47.6 Å². The van der Waals surface area contributed by atoms with E-state index in [1.54, 1.807) is 24.5 Å². The Balaban J connectivity index is 1.39. The molecular formula is C17H22ClN5O2S. The molecule has 26 heavy (non-hydrogen) atoms.